The van der Waals surface area contributed by atoms with Crippen molar-refractivity contribution in [2.45, 2.75) is 62.3 Å². The summed E-state index contributed by atoms with van der Waals surface area (Å²) < 4.78 is 89.1. The Labute approximate surface area is 240 Å². The molecule has 2 aliphatic heterocycles. The first kappa shape index (κ1) is 29.3. The van der Waals surface area contributed by atoms with Crippen LogP contribution in [0.5, 0.6) is 0 Å². The van der Waals surface area contributed by atoms with Gasteiger partial charge in [0.1, 0.15) is 5.69 Å². The average Bonchev–Trinajstić information content (AvgIpc) is 3.72. The summed E-state index contributed by atoms with van der Waals surface area (Å²) in [4.78, 5) is 31.2. The van der Waals surface area contributed by atoms with Gasteiger partial charge >= 0.3 is 11.8 Å². The van der Waals surface area contributed by atoms with Crippen molar-refractivity contribution in [3.05, 3.63) is 41.1 Å². The molecular weight excluding hydrogens is 586 g/mol. The van der Waals surface area contributed by atoms with Crippen molar-refractivity contribution in [3.8, 4) is 0 Å². The van der Waals surface area contributed by atoms with Crippen molar-refractivity contribution in [1.82, 2.24) is 40.4 Å². The van der Waals surface area contributed by atoms with Gasteiger partial charge in [0.05, 0.1) is 43.1 Å². The minimum atomic E-state index is -4.31. The molecule has 2 amide bonds. The van der Waals surface area contributed by atoms with Crippen LogP contribution >= 0.6 is 0 Å². The molecule has 1 aliphatic carbocycles. The number of likely N-dealkylation sites (tertiary alicyclic amines) is 1. The summed E-state index contributed by atoms with van der Waals surface area (Å²) in [5.74, 6) is -14.6. The molecule has 6 rings (SSSR count). The van der Waals surface area contributed by atoms with E-state index in [2.05, 4.69) is 35.7 Å². The maximum absolute atomic E-state index is 14.0. The van der Waals surface area contributed by atoms with E-state index >= 15 is 0 Å². The molecule has 3 fully saturated rings. The first-order chi connectivity index (χ1) is 20.2. The fraction of sp³-hybridized carbons (Fsp3) is 0.615. The van der Waals surface area contributed by atoms with Gasteiger partial charge in [0.2, 0.25) is 11.8 Å². The fourth-order valence-corrected chi connectivity index (χ4v) is 6.18. The standard InChI is InChI=1S/C26H28F6N8O3/c1-13-20(38-43-37-13)22(41)36-21(14-2-4-24(27,28)5-3-14)18-10-40-19(35-18)6-15(7-34-40)16-8-33-9-17(16)23(42)39-11-25(29,30)26(31,32)12-39/h6-7,10,14,16-17,21,33H,2-5,8-9,11-12H2,1H3,(H,36,41). The zero-order chi connectivity index (χ0) is 30.7. The molecule has 2 saturated heterocycles. The summed E-state index contributed by atoms with van der Waals surface area (Å²) in [6.45, 7) is -0.782. The molecule has 5 heterocycles. The van der Waals surface area contributed by atoms with Gasteiger partial charge in [0.25, 0.3) is 5.91 Å². The van der Waals surface area contributed by atoms with Gasteiger partial charge < -0.3 is 15.5 Å². The summed E-state index contributed by atoms with van der Waals surface area (Å²) in [5.41, 5.74) is 1.43. The lowest BCUT2D eigenvalue weighted by Crippen LogP contribution is -2.38. The van der Waals surface area contributed by atoms with Crippen molar-refractivity contribution in [3.63, 3.8) is 0 Å². The zero-order valence-corrected chi connectivity index (χ0v) is 22.9. The van der Waals surface area contributed by atoms with E-state index < -0.39 is 60.5 Å². The highest BCUT2D eigenvalue weighted by Gasteiger charge is 2.64. The monoisotopic (exact) mass is 614 g/mol. The number of aromatic nitrogens is 5. The number of alkyl halides is 6. The number of fused-ring (bicyclic) bond motifs is 1. The third-order valence-electron chi connectivity index (χ3n) is 8.65. The van der Waals surface area contributed by atoms with Crippen LogP contribution in [-0.4, -0.2) is 85.6 Å². The molecule has 1 saturated carbocycles. The predicted molar refractivity (Wildman–Crippen MR) is 135 cm³/mol. The number of nitrogens with one attached hydrogen (secondary N) is 2. The van der Waals surface area contributed by atoms with Crippen molar-refractivity contribution >= 4 is 17.5 Å². The number of amides is 2. The highest BCUT2D eigenvalue weighted by atomic mass is 19.3. The van der Waals surface area contributed by atoms with E-state index in [0.29, 0.717) is 21.8 Å². The molecule has 0 spiro atoms. The number of carbonyl (C=O) groups excluding carboxylic acids is 2. The maximum Gasteiger partial charge on any atom is 0.329 e. The SMILES string of the molecule is Cc1nonc1C(=O)NC(c1cn2ncc(C3CNCC3C(=O)N3CC(F)(F)C(F)(F)C3)cc2n1)C1CCC(F)(F)CC1. The van der Waals surface area contributed by atoms with Gasteiger partial charge in [-0.1, -0.05) is 5.16 Å². The van der Waals surface area contributed by atoms with Crippen molar-refractivity contribution in [1.29, 1.82) is 0 Å². The third kappa shape index (κ3) is 5.42. The van der Waals surface area contributed by atoms with Gasteiger partial charge in [-0.2, -0.15) is 22.7 Å². The molecule has 3 aromatic heterocycles. The highest BCUT2D eigenvalue weighted by Crippen LogP contribution is 2.43. The summed E-state index contributed by atoms with van der Waals surface area (Å²) in [6, 6.07) is 0.868. The van der Waals surface area contributed by atoms with Gasteiger partial charge in [0, 0.05) is 31.8 Å². The zero-order valence-electron chi connectivity index (χ0n) is 22.9. The first-order valence-corrected chi connectivity index (χ1v) is 13.8. The van der Waals surface area contributed by atoms with E-state index in [1.54, 1.807) is 12.3 Å². The van der Waals surface area contributed by atoms with E-state index in [0.717, 1.165) is 0 Å². The lowest BCUT2D eigenvalue weighted by atomic mass is 9.81. The number of rotatable bonds is 6. The van der Waals surface area contributed by atoms with Crippen LogP contribution in [0.2, 0.25) is 0 Å². The van der Waals surface area contributed by atoms with Crippen LogP contribution in [-0.2, 0) is 4.79 Å². The van der Waals surface area contributed by atoms with E-state index in [9.17, 15) is 35.9 Å². The maximum atomic E-state index is 14.0. The highest BCUT2D eigenvalue weighted by molar-refractivity contribution is 5.93. The van der Waals surface area contributed by atoms with Crippen LogP contribution in [0.3, 0.4) is 0 Å². The Balaban J connectivity index is 1.26. The van der Waals surface area contributed by atoms with Crippen LogP contribution < -0.4 is 10.6 Å². The molecule has 3 aromatic rings. The first-order valence-electron chi connectivity index (χ1n) is 13.8. The molecule has 2 N–H and O–H groups in total. The molecule has 0 aromatic carbocycles. The molecule has 11 nitrogen and oxygen atoms in total. The normalized spacial score (nSPS) is 25.7. The van der Waals surface area contributed by atoms with Crippen LogP contribution in [0.15, 0.2) is 23.1 Å². The topological polar surface area (TPSA) is 131 Å². The lowest BCUT2D eigenvalue weighted by molar-refractivity contribution is -0.172. The molecule has 43 heavy (non-hydrogen) atoms. The average molecular weight is 615 g/mol. The molecule has 0 bridgehead atoms. The lowest BCUT2D eigenvalue weighted by Gasteiger charge is -2.33. The van der Waals surface area contributed by atoms with Crippen molar-refractivity contribution in [2.75, 3.05) is 26.2 Å². The van der Waals surface area contributed by atoms with Gasteiger partial charge in [-0.25, -0.2) is 22.9 Å². The Bertz CT molecular complexity index is 1520. The summed E-state index contributed by atoms with van der Waals surface area (Å²) in [5, 5.41) is 17.5. The predicted octanol–water partition coefficient (Wildman–Crippen LogP) is 3.13. The number of hydrogen-bond donors (Lipinski definition) is 2. The number of nitrogens with zero attached hydrogens (tertiary/aromatic N) is 6. The van der Waals surface area contributed by atoms with Crippen LogP contribution in [0.1, 0.15) is 65.1 Å². The van der Waals surface area contributed by atoms with Crippen molar-refractivity contribution in [2.24, 2.45) is 11.8 Å². The van der Waals surface area contributed by atoms with Crippen LogP contribution in [0, 0.1) is 18.8 Å². The van der Waals surface area contributed by atoms with Crippen molar-refractivity contribution < 1.29 is 40.6 Å². The molecule has 3 atom stereocenters. The number of hydrogen-bond acceptors (Lipinski definition) is 8. The second-order valence-corrected chi connectivity index (χ2v) is 11.6. The van der Waals surface area contributed by atoms with E-state index in [-0.39, 0.29) is 56.1 Å². The third-order valence-corrected chi connectivity index (χ3v) is 8.65. The van der Waals surface area contributed by atoms with Gasteiger partial charge in [-0.15, -0.1) is 0 Å². The van der Waals surface area contributed by atoms with Gasteiger partial charge in [-0.3, -0.25) is 9.59 Å². The van der Waals surface area contributed by atoms with E-state index in [4.69, 9.17) is 0 Å². The number of aryl methyl sites for hydroxylation is 1. The second kappa shape index (κ2) is 10.4. The minimum absolute atomic E-state index is 0.0479. The second-order valence-electron chi connectivity index (χ2n) is 11.6. The Morgan fingerprint density at radius 3 is 2.42 bits per heavy atom. The Kier molecular flexibility index (Phi) is 7.12. The Morgan fingerprint density at radius 2 is 1.77 bits per heavy atom. The summed E-state index contributed by atoms with van der Waals surface area (Å²) in [6.07, 6.45) is 2.61. The van der Waals surface area contributed by atoms with Crippen LogP contribution in [0.4, 0.5) is 26.3 Å². The summed E-state index contributed by atoms with van der Waals surface area (Å²) in [7, 11) is 0. The molecule has 3 unspecified atom stereocenters. The van der Waals surface area contributed by atoms with E-state index in [1.165, 1.54) is 17.6 Å². The number of imidazole rings is 1. The molecule has 17 heteroatoms. The minimum Gasteiger partial charge on any atom is -0.342 e. The smallest absolute Gasteiger partial charge is 0.329 e. The number of halogens is 6. The van der Waals surface area contributed by atoms with Gasteiger partial charge in [0.15, 0.2) is 11.3 Å². The quantitative estimate of drug-likeness (QED) is 0.405. The van der Waals surface area contributed by atoms with Gasteiger partial charge in [-0.05, 0) is 42.5 Å². The molecule has 0 radical (unpaired) electrons. The largest absolute Gasteiger partial charge is 0.342 e. The summed E-state index contributed by atoms with van der Waals surface area (Å²) >= 11 is 0. The van der Waals surface area contributed by atoms with Crippen LogP contribution in [0.25, 0.3) is 5.65 Å². The molecule has 232 valence electrons. The number of carbonyl (C=O) groups is 2. The molecular formula is C26H28F6N8O3. The fourth-order valence-electron chi connectivity index (χ4n) is 6.18. The molecule has 3 aliphatic rings. The Hall–Kier alpha value is -3.76. The van der Waals surface area contributed by atoms with E-state index in [1.807, 2.05) is 0 Å². The Morgan fingerprint density at radius 1 is 1.07 bits per heavy atom.